The topological polar surface area (TPSA) is 63.3 Å². The Morgan fingerprint density at radius 2 is 1.09 bits per heavy atom. The predicted molar refractivity (Wildman–Crippen MR) is 90.4 cm³/mol. The van der Waals surface area contributed by atoms with E-state index in [4.69, 9.17) is 10.8 Å². The van der Waals surface area contributed by atoms with Gasteiger partial charge in [-0.15, -0.1) is 0 Å². The lowest BCUT2D eigenvalue weighted by Gasteiger charge is -2.31. The summed E-state index contributed by atoms with van der Waals surface area (Å²) in [5.74, 6) is -0.946. The molecule has 0 atom stereocenters. The van der Waals surface area contributed by atoms with Gasteiger partial charge in [0, 0.05) is 0 Å². The molecule has 0 fully saturated rings. The van der Waals surface area contributed by atoms with Crippen LogP contribution in [0.1, 0.15) is 27.0 Å². The number of carboxylic acid groups (broad SMARTS) is 1. The third kappa shape index (κ3) is 2.74. The third-order valence-corrected chi connectivity index (χ3v) is 4.05. The number of rotatable bonds is 4. The molecule has 0 aliphatic rings. The maximum Gasteiger partial charge on any atom is 0.335 e. The molecule has 0 saturated heterocycles. The van der Waals surface area contributed by atoms with Gasteiger partial charge in [0.2, 0.25) is 0 Å². The molecule has 3 aromatic carbocycles. The van der Waals surface area contributed by atoms with Crippen molar-refractivity contribution >= 4 is 5.97 Å². The second-order valence-electron chi connectivity index (χ2n) is 5.42. The fraction of sp³-hybridized carbons (Fsp3) is 0.0500. The first-order valence-electron chi connectivity index (χ1n) is 7.36. The van der Waals surface area contributed by atoms with Crippen molar-refractivity contribution in [1.29, 1.82) is 0 Å². The summed E-state index contributed by atoms with van der Waals surface area (Å²) in [5.41, 5.74) is 9.01. The third-order valence-electron chi connectivity index (χ3n) is 4.05. The number of carboxylic acids is 1. The molecule has 0 radical (unpaired) electrons. The Morgan fingerprint density at radius 3 is 1.48 bits per heavy atom. The van der Waals surface area contributed by atoms with E-state index in [1.165, 1.54) is 0 Å². The van der Waals surface area contributed by atoms with Gasteiger partial charge in [0.05, 0.1) is 11.1 Å². The van der Waals surface area contributed by atoms with Crippen LogP contribution in [-0.2, 0) is 5.54 Å². The average Bonchev–Trinajstić information content (AvgIpc) is 2.62. The number of hydrogen-bond donors (Lipinski definition) is 2. The van der Waals surface area contributed by atoms with Gasteiger partial charge in [-0.05, 0) is 28.8 Å². The Labute approximate surface area is 135 Å². The fourth-order valence-electron chi connectivity index (χ4n) is 2.78. The summed E-state index contributed by atoms with van der Waals surface area (Å²) in [4.78, 5) is 11.1. The number of aromatic carboxylic acids is 1. The first kappa shape index (κ1) is 15.0. The van der Waals surface area contributed by atoms with Crippen molar-refractivity contribution in [2.24, 2.45) is 5.73 Å². The second kappa shape index (κ2) is 6.07. The molecule has 114 valence electrons. The molecule has 3 heteroatoms. The molecule has 0 unspecified atom stereocenters. The van der Waals surface area contributed by atoms with Crippen LogP contribution in [0.5, 0.6) is 0 Å². The van der Waals surface area contributed by atoms with Crippen LogP contribution >= 0.6 is 0 Å². The molecule has 0 saturated carbocycles. The van der Waals surface area contributed by atoms with Crippen LogP contribution in [0, 0.1) is 0 Å². The van der Waals surface area contributed by atoms with E-state index in [1.807, 2.05) is 60.7 Å². The van der Waals surface area contributed by atoms with Crippen molar-refractivity contribution in [2.45, 2.75) is 5.54 Å². The molecule has 0 amide bonds. The zero-order valence-electron chi connectivity index (χ0n) is 12.5. The SMILES string of the molecule is NC(c1ccccc1)(c1ccccc1)c1ccc(C(=O)O)cc1. The van der Waals surface area contributed by atoms with Crippen molar-refractivity contribution < 1.29 is 9.90 Å². The number of carbonyl (C=O) groups is 1. The van der Waals surface area contributed by atoms with Gasteiger partial charge in [-0.25, -0.2) is 4.79 Å². The van der Waals surface area contributed by atoms with E-state index in [0.717, 1.165) is 16.7 Å². The zero-order chi connectivity index (χ0) is 16.3. The molecule has 0 aliphatic carbocycles. The molecule has 3 N–H and O–H groups in total. The summed E-state index contributed by atoms with van der Waals surface area (Å²) in [7, 11) is 0. The van der Waals surface area contributed by atoms with E-state index in [0.29, 0.717) is 0 Å². The fourth-order valence-corrected chi connectivity index (χ4v) is 2.78. The minimum absolute atomic E-state index is 0.247. The largest absolute Gasteiger partial charge is 0.478 e. The molecular weight excluding hydrogens is 286 g/mol. The normalized spacial score (nSPS) is 11.2. The van der Waals surface area contributed by atoms with Crippen molar-refractivity contribution in [1.82, 2.24) is 0 Å². The highest BCUT2D eigenvalue weighted by Gasteiger charge is 2.31. The Balaban J connectivity index is 2.18. The quantitative estimate of drug-likeness (QED) is 0.723. The Bertz CT molecular complexity index is 757. The standard InChI is InChI=1S/C20H17NO2/c21-20(16-7-3-1-4-8-16,17-9-5-2-6-10-17)18-13-11-15(12-14-18)19(22)23/h1-14H,21H2,(H,22,23). The molecule has 3 aromatic rings. The number of hydrogen-bond acceptors (Lipinski definition) is 2. The highest BCUT2D eigenvalue weighted by molar-refractivity contribution is 5.87. The molecule has 3 rings (SSSR count). The van der Waals surface area contributed by atoms with E-state index in [9.17, 15) is 4.79 Å². The van der Waals surface area contributed by atoms with E-state index < -0.39 is 11.5 Å². The smallest absolute Gasteiger partial charge is 0.335 e. The zero-order valence-corrected chi connectivity index (χ0v) is 12.5. The Kier molecular flexibility index (Phi) is 3.96. The summed E-state index contributed by atoms with van der Waals surface area (Å²) < 4.78 is 0. The summed E-state index contributed by atoms with van der Waals surface area (Å²) >= 11 is 0. The van der Waals surface area contributed by atoms with Gasteiger partial charge in [-0.2, -0.15) is 0 Å². The van der Waals surface area contributed by atoms with Gasteiger partial charge in [-0.3, -0.25) is 0 Å². The van der Waals surface area contributed by atoms with E-state index >= 15 is 0 Å². The Morgan fingerprint density at radius 1 is 0.696 bits per heavy atom. The summed E-state index contributed by atoms with van der Waals surface area (Å²) in [6.45, 7) is 0. The monoisotopic (exact) mass is 303 g/mol. The Hall–Kier alpha value is -2.91. The lowest BCUT2D eigenvalue weighted by molar-refractivity contribution is 0.0697. The molecule has 0 heterocycles. The molecule has 0 bridgehead atoms. The van der Waals surface area contributed by atoms with Gasteiger partial charge in [0.25, 0.3) is 0 Å². The van der Waals surface area contributed by atoms with Crippen LogP contribution in [0.25, 0.3) is 0 Å². The van der Waals surface area contributed by atoms with Crippen molar-refractivity contribution in [3.8, 4) is 0 Å². The first-order chi connectivity index (χ1) is 11.1. The minimum Gasteiger partial charge on any atom is -0.478 e. The number of nitrogens with two attached hydrogens (primary N) is 1. The number of benzene rings is 3. The average molecular weight is 303 g/mol. The van der Waals surface area contributed by atoms with Crippen LogP contribution in [-0.4, -0.2) is 11.1 Å². The highest BCUT2D eigenvalue weighted by Crippen LogP contribution is 2.34. The maximum atomic E-state index is 11.1. The summed E-state index contributed by atoms with van der Waals surface area (Å²) in [5, 5.41) is 9.08. The van der Waals surface area contributed by atoms with Gasteiger partial charge >= 0.3 is 5.97 Å². The second-order valence-corrected chi connectivity index (χ2v) is 5.42. The molecule has 0 aliphatic heterocycles. The van der Waals surface area contributed by atoms with E-state index in [2.05, 4.69) is 0 Å². The van der Waals surface area contributed by atoms with E-state index in [-0.39, 0.29) is 5.56 Å². The maximum absolute atomic E-state index is 11.1. The molecule has 0 spiro atoms. The van der Waals surface area contributed by atoms with Gasteiger partial charge < -0.3 is 10.8 Å². The first-order valence-corrected chi connectivity index (χ1v) is 7.36. The molecule has 3 nitrogen and oxygen atoms in total. The van der Waals surface area contributed by atoms with Crippen LogP contribution in [0.2, 0.25) is 0 Å². The van der Waals surface area contributed by atoms with Crippen LogP contribution in [0.3, 0.4) is 0 Å². The van der Waals surface area contributed by atoms with Gasteiger partial charge in [0.1, 0.15) is 0 Å². The molecule has 23 heavy (non-hydrogen) atoms. The van der Waals surface area contributed by atoms with Gasteiger partial charge in [0.15, 0.2) is 0 Å². The van der Waals surface area contributed by atoms with Crippen LogP contribution < -0.4 is 5.73 Å². The summed E-state index contributed by atoms with van der Waals surface area (Å²) in [6, 6.07) is 26.4. The minimum atomic E-state index is -0.946. The van der Waals surface area contributed by atoms with Crippen molar-refractivity contribution in [3.63, 3.8) is 0 Å². The van der Waals surface area contributed by atoms with Crippen molar-refractivity contribution in [2.75, 3.05) is 0 Å². The van der Waals surface area contributed by atoms with Crippen LogP contribution in [0.4, 0.5) is 0 Å². The lowest BCUT2D eigenvalue weighted by Crippen LogP contribution is -2.39. The summed E-state index contributed by atoms with van der Waals surface area (Å²) in [6.07, 6.45) is 0. The van der Waals surface area contributed by atoms with Crippen molar-refractivity contribution in [3.05, 3.63) is 107 Å². The molecule has 0 aromatic heterocycles. The van der Waals surface area contributed by atoms with Crippen LogP contribution in [0.15, 0.2) is 84.9 Å². The molecular formula is C20H17NO2. The highest BCUT2D eigenvalue weighted by atomic mass is 16.4. The lowest BCUT2D eigenvalue weighted by atomic mass is 9.78. The van der Waals surface area contributed by atoms with Gasteiger partial charge in [-0.1, -0.05) is 72.8 Å². The predicted octanol–water partition coefficient (Wildman–Crippen LogP) is 3.64. The van der Waals surface area contributed by atoms with E-state index in [1.54, 1.807) is 24.3 Å².